The van der Waals surface area contributed by atoms with Crippen LogP contribution in [-0.4, -0.2) is 19.8 Å². The standard InChI is InChI=1S/C14H20ClNO2S/c1-2-5-12(15)10-11-6-3-4-7-14(11)19(17,18)16-13-8-9-13/h3-4,6-7,12-13,16H,2,5,8-10H2,1H3. The minimum absolute atomic E-state index is 0.0118. The molecule has 0 aromatic heterocycles. The first-order valence-electron chi connectivity index (χ1n) is 6.77. The number of halogens is 1. The zero-order valence-corrected chi connectivity index (χ0v) is 12.7. The Balaban J connectivity index is 2.19. The molecule has 0 aliphatic heterocycles. The van der Waals surface area contributed by atoms with Crippen LogP contribution in [-0.2, 0) is 16.4 Å². The second-order valence-corrected chi connectivity index (χ2v) is 7.39. The molecule has 2 rings (SSSR count). The van der Waals surface area contributed by atoms with Crippen molar-refractivity contribution in [3.63, 3.8) is 0 Å². The molecule has 0 heterocycles. The van der Waals surface area contributed by atoms with Crippen LogP contribution in [0.3, 0.4) is 0 Å². The fourth-order valence-electron chi connectivity index (χ4n) is 2.07. The molecular formula is C14H20ClNO2S. The third kappa shape index (κ3) is 4.20. The van der Waals surface area contributed by atoms with Crippen LogP contribution in [0.1, 0.15) is 38.2 Å². The number of nitrogens with one attached hydrogen (secondary N) is 1. The lowest BCUT2D eigenvalue weighted by molar-refractivity contribution is 0.579. The van der Waals surface area contributed by atoms with Gasteiger partial charge in [-0.1, -0.05) is 31.5 Å². The topological polar surface area (TPSA) is 46.2 Å². The number of alkyl halides is 1. The summed E-state index contributed by atoms with van der Waals surface area (Å²) in [5.41, 5.74) is 0.809. The van der Waals surface area contributed by atoms with Gasteiger partial charge in [0.05, 0.1) is 4.90 Å². The molecule has 0 spiro atoms. The van der Waals surface area contributed by atoms with E-state index in [0.29, 0.717) is 11.3 Å². The van der Waals surface area contributed by atoms with E-state index in [4.69, 9.17) is 11.6 Å². The summed E-state index contributed by atoms with van der Waals surface area (Å²) in [6.07, 6.45) is 4.37. The Morgan fingerprint density at radius 2 is 2.05 bits per heavy atom. The van der Waals surface area contributed by atoms with Gasteiger partial charge in [-0.3, -0.25) is 0 Å². The molecule has 1 aliphatic carbocycles. The van der Waals surface area contributed by atoms with E-state index in [1.54, 1.807) is 12.1 Å². The minimum atomic E-state index is -3.40. The largest absolute Gasteiger partial charge is 0.241 e. The molecule has 5 heteroatoms. The highest BCUT2D eigenvalue weighted by Gasteiger charge is 2.29. The zero-order valence-electron chi connectivity index (χ0n) is 11.1. The van der Waals surface area contributed by atoms with Gasteiger partial charge in [0.15, 0.2) is 0 Å². The normalized spacial score (nSPS) is 17.4. The first-order chi connectivity index (χ1) is 9.03. The lowest BCUT2D eigenvalue weighted by atomic mass is 10.1. The molecule has 0 saturated heterocycles. The van der Waals surface area contributed by atoms with Crippen molar-refractivity contribution >= 4 is 21.6 Å². The SMILES string of the molecule is CCCC(Cl)Cc1ccccc1S(=O)(=O)NC1CC1. The highest BCUT2D eigenvalue weighted by molar-refractivity contribution is 7.89. The van der Waals surface area contributed by atoms with Gasteiger partial charge in [-0.2, -0.15) is 0 Å². The zero-order chi connectivity index (χ0) is 13.9. The maximum absolute atomic E-state index is 12.3. The Morgan fingerprint density at radius 3 is 2.68 bits per heavy atom. The first-order valence-corrected chi connectivity index (χ1v) is 8.69. The molecule has 106 valence electrons. The van der Waals surface area contributed by atoms with Gasteiger partial charge in [0.25, 0.3) is 0 Å². The Hall–Kier alpha value is -0.580. The summed E-state index contributed by atoms with van der Waals surface area (Å²) in [4.78, 5) is 0.378. The molecule has 1 saturated carbocycles. The second kappa shape index (κ2) is 6.25. The average molecular weight is 302 g/mol. The van der Waals surface area contributed by atoms with Crippen LogP contribution in [0.5, 0.6) is 0 Å². The molecule has 1 unspecified atom stereocenters. The Morgan fingerprint density at radius 1 is 1.37 bits per heavy atom. The van der Waals surface area contributed by atoms with Crippen molar-refractivity contribution in [2.75, 3.05) is 0 Å². The van der Waals surface area contributed by atoms with E-state index >= 15 is 0 Å². The molecule has 1 aromatic carbocycles. The van der Waals surface area contributed by atoms with Gasteiger partial charge in [0, 0.05) is 11.4 Å². The summed E-state index contributed by atoms with van der Waals surface area (Å²) in [5, 5.41) is -0.0118. The Labute approximate surface area is 120 Å². The molecule has 0 amide bonds. The maximum Gasteiger partial charge on any atom is 0.241 e. The lowest BCUT2D eigenvalue weighted by Crippen LogP contribution is -2.27. The molecule has 19 heavy (non-hydrogen) atoms. The smallest absolute Gasteiger partial charge is 0.208 e. The molecule has 1 atom stereocenters. The van der Waals surface area contributed by atoms with Crippen molar-refractivity contribution in [3.8, 4) is 0 Å². The predicted molar refractivity (Wildman–Crippen MR) is 78.0 cm³/mol. The Bertz CT molecular complexity index is 526. The van der Waals surface area contributed by atoms with Crippen LogP contribution < -0.4 is 4.72 Å². The van der Waals surface area contributed by atoms with Crippen LogP contribution in [0.2, 0.25) is 0 Å². The maximum atomic E-state index is 12.3. The fraction of sp³-hybridized carbons (Fsp3) is 0.571. The third-order valence-corrected chi connectivity index (χ3v) is 5.20. The van der Waals surface area contributed by atoms with Crippen molar-refractivity contribution in [3.05, 3.63) is 29.8 Å². The molecule has 0 bridgehead atoms. The summed E-state index contributed by atoms with van der Waals surface area (Å²) in [6, 6.07) is 7.26. The quantitative estimate of drug-likeness (QED) is 0.787. The number of benzene rings is 1. The van der Waals surface area contributed by atoms with Crippen LogP contribution in [0.15, 0.2) is 29.2 Å². The van der Waals surface area contributed by atoms with Crippen LogP contribution in [0, 0.1) is 0 Å². The first kappa shape index (κ1) is 14.8. The number of hydrogen-bond acceptors (Lipinski definition) is 2. The molecule has 1 N–H and O–H groups in total. The third-order valence-electron chi connectivity index (χ3n) is 3.20. The van der Waals surface area contributed by atoms with E-state index in [2.05, 4.69) is 11.6 Å². The highest BCUT2D eigenvalue weighted by Crippen LogP contribution is 2.25. The highest BCUT2D eigenvalue weighted by atomic mass is 35.5. The second-order valence-electron chi connectivity index (χ2n) is 5.09. The van der Waals surface area contributed by atoms with Crippen molar-refractivity contribution in [1.29, 1.82) is 0 Å². The van der Waals surface area contributed by atoms with E-state index in [0.717, 1.165) is 31.2 Å². The molecule has 1 aromatic rings. The summed E-state index contributed by atoms with van der Waals surface area (Å²) >= 11 is 6.24. The Kier molecular flexibility index (Phi) is 4.87. The minimum Gasteiger partial charge on any atom is -0.208 e. The average Bonchev–Trinajstić information content (AvgIpc) is 3.13. The van der Waals surface area contributed by atoms with E-state index in [9.17, 15) is 8.42 Å². The predicted octanol–water partition coefficient (Wildman–Crippen LogP) is 3.08. The molecule has 1 aliphatic rings. The van der Waals surface area contributed by atoms with Gasteiger partial charge in [-0.25, -0.2) is 13.1 Å². The number of rotatable bonds is 7. The molecule has 0 radical (unpaired) electrons. The molecular weight excluding hydrogens is 282 g/mol. The fourth-order valence-corrected chi connectivity index (χ4v) is 4.01. The van der Waals surface area contributed by atoms with Crippen molar-refractivity contribution in [1.82, 2.24) is 4.72 Å². The van der Waals surface area contributed by atoms with Gasteiger partial charge in [0.2, 0.25) is 10.0 Å². The van der Waals surface area contributed by atoms with Crippen LogP contribution in [0.25, 0.3) is 0 Å². The lowest BCUT2D eigenvalue weighted by Gasteiger charge is -2.13. The summed E-state index contributed by atoms with van der Waals surface area (Å²) < 4.78 is 27.3. The summed E-state index contributed by atoms with van der Waals surface area (Å²) in [6.45, 7) is 2.08. The van der Waals surface area contributed by atoms with E-state index < -0.39 is 10.0 Å². The van der Waals surface area contributed by atoms with Gasteiger partial charge in [-0.05, 0) is 37.3 Å². The van der Waals surface area contributed by atoms with E-state index in [1.807, 2.05) is 12.1 Å². The van der Waals surface area contributed by atoms with Crippen molar-refractivity contribution < 1.29 is 8.42 Å². The van der Waals surface area contributed by atoms with E-state index in [1.165, 1.54) is 0 Å². The summed E-state index contributed by atoms with van der Waals surface area (Å²) in [7, 11) is -3.40. The van der Waals surface area contributed by atoms with Crippen molar-refractivity contribution in [2.24, 2.45) is 0 Å². The summed E-state index contributed by atoms with van der Waals surface area (Å²) in [5.74, 6) is 0. The van der Waals surface area contributed by atoms with Gasteiger partial charge in [0.1, 0.15) is 0 Å². The van der Waals surface area contributed by atoms with Gasteiger partial charge < -0.3 is 0 Å². The molecule has 1 fully saturated rings. The monoisotopic (exact) mass is 301 g/mol. The number of hydrogen-bond donors (Lipinski definition) is 1. The van der Waals surface area contributed by atoms with Gasteiger partial charge in [-0.15, -0.1) is 11.6 Å². The van der Waals surface area contributed by atoms with Crippen LogP contribution in [0.4, 0.5) is 0 Å². The van der Waals surface area contributed by atoms with Gasteiger partial charge >= 0.3 is 0 Å². The van der Waals surface area contributed by atoms with Crippen molar-refractivity contribution in [2.45, 2.75) is 55.3 Å². The molecule has 3 nitrogen and oxygen atoms in total. The van der Waals surface area contributed by atoms with E-state index in [-0.39, 0.29) is 11.4 Å². The number of sulfonamides is 1. The van der Waals surface area contributed by atoms with Crippen LogP contribution >= 0.6 is 11.6 Å².